The average molecular weight is 556 g/mol. The molecule has 0 aliphatic carbocycles. The van der Waals surface area contributed by atoms with Crippen LogP contribution in [-0.2, 0) is 24.8 Å². The van der Waals surface area contributed by atoms with E-state index in [0.717, 1.165) is 12.8 Å². The van der Waals surface area contributed by atoms with Crippen LogP contribution in [0.4, 0.5) is 5.69 Å². The highest BCUT2D eigenvalue weighted by Crippen LogP contribution is 2.34. The molecule has 1 N–H and O–H groups in total. The van der Waals surface area contributed by atoms with E-state index in [4.69, 9.17) is 18.9 Å². The standard InChI is InChI=1S/C24H33N3O8S2/c1-32-18-6-8-23(34-3)24(15-18)37(30,31)27-12-10-26(11-13-27)21-16-20(7-9-22(21)33-2)36(28,29)25-17-19-5-4-14-35-19/h6-9,15-16,19,25H,4-5,10-14,17H2,1-3H3/t19-/m1/s1. The smallest absolute Gasteiger partial charge is 0.247 e. The lowest BCUT2D eigenvalue weighted by molar-refractivity contribution is 0.114. The van der Waals surface area contributed by atoms with Crippen LogP contribution in [0, 0.1) is 0 Å². The summed E-state index contributed by atoms with van der Waals surface area (Å²) in [7, 11) is -3.22. The molecule has 2 fully saturated rings. The molecule has 2 heterocycles. The van der Waals surface area contributed by atoms with Gasteiger partial charge < -0.3 is 23.8 Å². The second kappa shape index (κ2) is 11.4. The van der Waals surface area contributed by atoms with Gasteiger partial charge in [0.25, 0.3) is 0 Å². The highest BCUT2D eigenvalue weighted by atomic mass is 32.2. The van der Waals surface area contributed by atoms with Crippen LogP contribution >= 0.6 is 0 Å². The van der Waals surface area contributed by atoms with Crippen molar-refractivity contribution < 1.29 is 35.8 Å². The van der Waals surface area contributed by atoms with Crippen LogP contribution in [0.3, 0.4) is 0 Å². The minimum absolute atomic E-state index is 0.0331. The Balaban J connectivity index is 1.51. The lowest BCUT2D eigenvalue weighted by atomic mass is 10.2. The van der Waals surface area contributed by atoms with Crippen LogP contribution < -0.4 is 23.8 Å². The van der Waals surface area contributed by atoms with Gasteiger partial charge in [0.2, 0.25) is 20.0 Å². The minimum Gasteiger partial charge on any atom is -0.497 e. The second-order valence-electron chi connectivity index (χ2n) is 8.73. The maximum absolute atomic E-state index is 13.4. The Morgan fingerprint density at radius 2 is 1.62 bits per heavy atom. The molecule has 2 saturated heterocycles. The van der Waals surface area contributed by atoms with Gasteiger partial charge in [0.05, 0.1) is 38.0 Å². The van der Waals surface area contributed by atoms with Gasteiger partial charge in [-0.15, -0.1) is 0 Å². The fourth-order valence-electron chi connectivity index (χ4n) is 4.47. The molecule has 2 aromatic rings. The zero-order chi connectivity index (χ0) is 26.6. The van der Waals surface area contributed by atoms with Crippen molar-refractivity contribution in [3.05, 3.63) is 36.4 Å². The molecule has 2 aliphatic heterocycles. The van der Waals surface area contributed by atoms with Gasteiger partial charge in [0.1, 0.15) is 22.1 Å². The van der Waals surface area contributed by atoms with E-state index in [1.807, 2.05) is 4.90 Å². The predicted molar refractivity (Wildman–Crippen MR) is 138 cm³/mol. The summed E-state index contributed by atoms with van der Waals surface area (Å²) in [5.74, 6) is 1.15. The normalized spacial score (nSPS) is 19.1. The average Bonchev–Trinajstić information content (AvgIpc) is 3.45. The summed E-state index contributed by atoms with van der Waals surface area (Å²) >= 11 is 0. The summed E-state index contributed by atoms with van der Waals surface area (Å²) in [6.07, 6.45) is 1.63. The number of sulfonamides is 2. The number of ether oxygens (including phenoxy) is 4. The van der Waals surface area contributed by atoms with Crippen LogP contribution in [0.2, 0.25) is 0 Å². The molecule has 0 saturated carbocycles. The van der Waals surface area contributed by atoms with E-state index in [0.29, 0.717) is 36.9 Å². The maximum Gasteiger partial charge on any atom is 0.247 e. The monoisotopic (exact) mass is 555 g/mol. The third kappa shape index (κ3) is 5.96. The molecule has 37 heavy (non-hydrogen) atoms. The molecule has 0 unspecified atom stereocenters. The molecular weight excluding hydrogens is 522 g/mol. The first-order chi connectivity index (χ1) is 17.7. The van der Waals surface area contributed by atoms with Crippen LogP contribution in [0.5, 0.6) is 17.2 Å². The first-order valence-corrected chi connectivity index (χ1v) is 14.9. The number of hydrogen-bond acceptors (Lipinski definition) is 9. The topological polar surface area (TPSA) is 124 Å². The predicted octanol–water partition coefficient (Wildman–Crippen LogP) is 1.68. The Morgan fingerprint density at radius 1 is 0.919 bits per heavy atom. The van der Waals surface area contributed by atoms with Gasteiger partial charge in [-0.05, 0) is 43.2 Å². The van der Waals surface area contributed by atoms with Crippen molar-refractivity contribution in [1.82, 2.24) is 9.03 Å². The van der Waals surface area contributed by atoms with E-state index in [2.05, 4.69) is 4.72 Å². The number of nitrogens with one attached hydrogen (secondary N) is 1. The second-order valence-corrected chi connectivity index (χ2v) is 12.4. The molecular formula is C24H33N3O8S2. The molecule has 13 heteroatoms. The summed E-state index contributed by atoms with van der Waals surface area (Å²) in [5, 5.41) is 0. The van der Waals surface area contributed by atoms with Crippen LogP contribution in [0.1, 0.15) is 12.8 Å². The number of anilines is 1. The number of benzene rings is 2. The van der Waals surface area contributed by atoms with Gasteiger partial charge in [0.15, 0.2) is 0 Å². The molecule has 0 radical (unpaired) electrons. The number of hydrogen-bond donors (Lipinski definition) is 1. The minimum atomic E-state index is -3.85. The molecule has 4 rings (SSSR count). The van der Waals surface area contributed by atoms with Crippen molar-refractivity contribution in [3.8, 4) is 17.2 Å². The van der Waals surface area contributed by atoms with Crippen LogP contribution in [0.25, 0.3) is 0 Å². The van der Waals surface area contributed by atoms with E-state index >= 15 is 0 Å². The van der Waals surface area contributed by atoms with Gasteiger partial charge in [-0.2, -0.15) is 4.31 Å². The molecule has 1 atom stereocenters. The van der Waals surface area contributed by atoms with Crippen molar-refractivity contribution in [2.45, 2.75) is 28.7 Å². The van der Waals surface area contributed by atoms with Crippen molar-refractivity contribution in [3.63, 3.8) is 0 Å². The molecule has 0 spiro atoms. The van der Waals surface area contributed by atoms with Crippen molar-refractivity contribution in [1.29, 1.82) is 0 Å². The molecule has 0 bridgehead atoms. The number of methoxy groups -OCH3 is 3. The molecule has 2 aliphatic rings. The van der Waals surface area contributed by atoms with Crippen molar-refractivity contribution in [2.75, 3.05) is 65.6 Å². The first kappa shape index (κ1) is 27.5. The molecule has 11 nitrogen and oxygen atoms in total. The third-order valence-electron chi connectivity index (χ3n) is 6.55. The first-order valence-electron chi connectivity index (χ1n) is 12.0. The van der Waals surface area contributed by atoms with E-state index in [9.17, 15) is 16.8 Å². The van der Waals surface area contributed by atoms with Crippen LogP contribution in [-0.4, -0.2) is 87.9 Å². The fraction of sp³-hybridized carbons (Fsp3) is 0.500. The lowest BCUT2D eigenvalue weighted by Gasteiger charge is -2.36. The van der Waals surface area contributed by atoms with Crippen molar-refractivity contribution >= 4 is 25.7 Å². The molecule has 2 aromatic carbocycles. The van der Waals surface area contributed by atoms with Gasteiger partial charge in [-0.3, -0.25) is 0 Å². The van der Waals surface area contributed by atoms with Gasteiger partial charge in [-0.1, -0.05) is 0 Å². The van der Waals surface area contributed by atoms with Gasteiger partial charge in [0, 0.05) is 45.4 Å². The van der Waals surface area contributed by atoms with Crippen molar-refractivity contribution in [2.24, 2.45) is 0 Å². The fourth-order valence-corrected chi connectivity index (χ4v) is 7.15. The zero-order valence-corrected chi connectivity index (χ0v) is 22.8. The Labute approximate surface area is 218 Å². The Hall–Kier alpha value is -2.58. The van der Waals surface area contributed by atoms with Gasteiger partial charge >= 0.3 is 0 Å². The van der Waals surface area contributed by atoms with E-state index in [1.165, 1.54) is 37.8 Å². The lowest BCUT2D eigenvalue weighted by Crippen LogP contribution is -2.48. The number of nitrogens with zero attached hydrogens (tertiary/aromatic N) is 2. The Bertz CT molecular complexity index is 1300. The summed E-state index contributed by atoms with van der Waals surface area (Å²) in [6, 6.07) is 9.31. The third-order valence-corrected chi connectivity index (χ3v) is 9.89. The van der Waals surface area contributed by atoms with E-state index in [-0.39, 0.29) is 41.3 Å². The molecule has 0 aromatic heterocycles. The Kier molecular flexibility index (Phi) is 8.49. The van der Waals surface area contributed by atoms with Gasteiger partial charge in [-0.25, -0.2) is 21.6 Å². The highest BCUT2D eigenvalue weighted by molar-refractivity contribution is 7.89. The largest absolute Gasteiger partial charge is 0.497 e. The molecule has 204 valence electrons. The zero-order valence-electron chi connectivity index (χ0n) is 21.2. The quantitative estimate of drug-likeness (QED) is 0.466. The SMILES string of the molecule is COc1ccc(OC)c(S(=O)(=O)N2CCN(c3cc(S(=O)(=O)NC[C@H]4CCCO4)ccc3OC)CC2)c1. The maximum atomic E-state index is 13.4. The highest BCUT2D eigenvalue weighted by Gasteiger charge is 2.32. The summed E-state index contributed by atoms with van der Waals surface area (Å²) in [5.41, 5.74) is 0.582. The summed E-state index contributed by atoms with van der Waals surface area (Å²) in [6.45, 7) is 1.93. The summed E-state index contributed by atoms with van der Waals surface area (Å²) in [4.78, 5) is 2.07. The van der Waals surface area contributed by atoms with E-state index < -0.39 is 20.0 Å². The molecule has 0 amide bonds. The van der Waals surface area contributed by atoms with Crippen LogP contribution in [0.15, 0.2) is 46.2 Å². The van der Waals surface area contributed by atoms with E-state index in [1.54, 1.807) is 24.3 Å². The number of rotatable bonds is 10. The Morgan fingerprint density at radius 3 is 2.24 bits per heavy atom. The summed E-state index contributed by atoms with van der Waals surface area (Å²) < 4.78 is 78.2. The number of piperazine rings is 1.